The number of hydrogen-bond acceptors (Lipinski definition) is 7. The summed E-state index contributed by atoms with van der Waals surface area (Å²) in [5, 5.41) is 25.3. The number of hydrogen-bond donors (Lipinski definition) is 2. The van der Waals surface area contributed by atoms with Crippen molar-refractivity contribution >= 4 is 11.8 Å². The van der Waals surface area contributed by atoms with E-state index in [1.54, 1.807) is 6.92 Å². The first-order valence-electron chi connectivity index (χ1n) is 8.56. The monoisotopic (exact) mass is 433 g/mol. The van der Waals surface area contributed by atoms with Crippen LogP contribution < -0.4 is 11.1 Å². The lowest BCUT2D eigenvalue weighted by atomic mass is 10.0. The molecule has 3 aromatic rings. The summed E-state index contributed by atoms with van der Waals surface area (Å²) in [6.45, 7) is 1.25. The predicted octanol–water partition coefficient (Wildman–Crippen LogP) is 0.564. The van der Waals surface area contributed by atoms with Gasteiger partial charge in [-0.05, 0) is 35.9 Å². The molecule has 0 atom stereocenters. The Bertz CT molecular complexity index is 1220. The van der Waals surface area contributed by atoms with Crippen molar-refractivity contribution in [1.82, 2.24) is 35.3 Å². The highest BCUT2D eigenvalue weighted by molar-refractivity contribution is 5.99. The molecular formula is C17H14F3N9O2. The molecule has 0 saturated carbocycles. The number of rotatable bonds is 5. The van der Waals surface area contributed by atoms with Gasteiger partial charge in [-0.15, -0.1) is 10.2 Å². The van der Waals surface area contributed by atoms with Crippen molar-refractivity contribution in [2.45, 2.75) is 19.6 Å². The first kappa shape index (κ1) is 21.4. The highest BCUT2D eigenvalue weighted by Crippen LogP contribution is 2.26. The third-order valence-electron chi connectivity index (χ3n) is 4.14. The highest BCUT2D eigenvalue weighted by Gasteiger charge is 2.36. The lowest BCUT2D eigenvalue weighted by molar-refractivity contribution is -0.145. The summed E-state index contributed by atoms with van der Waals surface area (Å²) < 4.78 is 39.1. The molecule has 0 aliphatic heterocycles. The Kier molecular flexibility index (Phi) is 5.43. The van der Waals surface area contributed by atoms with Gasteiger partial charge in [0.1, 0.15) is 12.2 Å². The number of nitrogens with one attached hydrogen (secondary N) is 1. The van der Waals surface area contributed by atoms with Crippen LogP contribution in [0.15, 0.2) is 18.2 Å². The van der Waals surface area contributed by atoms with Crippen molar-refractivity contribution in [2.24, 2.45) is 5.73 Å². The molecule has 0 aliphatic rings. The minimum absolute atomic E-state index is 0.0504. The van der Waals surface area contributed by atoms with Crippen LogP contribution in [-0.4, -0.2) is 48.8 Å². The Labute approximate surface area is 172 Å². The van der Waals surface area contributed by atoms with Crippen LogP contribution >= 0.6 is 0 Å². The zero-order valence-corrected chi connectivity index (χ0v) is 16.1. The summed E-state index contributed by atoms with van der Waals surface area (Å²) in [7, 11) is 1.39. The van der Waals surface area contributed by atoms with E-state index in [-0.39, 0.29) is 34.7 Å². The van der Waals surface area contributed by atoms with Crippen LogP contribution in [0.3, 0.4) is 0 Å². The molecule has 14 heteroatoms. The number of carbonyl (C=O) groups excluding carboxylic acids is 2. The number of halogens is 3. The molecule has 0 saturated heterocycles. The summed E-state index contributed by atoms with van der Waals surface area (Å²) in [6, 6.07) is 5.99. The maximum Gasteiger partial charge on any atom is 0.455 e. The van der Waals surface area contributed by atoms with Gasteiger partial charge >= 0.3 is 6.18 Å². The van der Waals surface area contributed by atoms with Gasteiger partial charge in [-0.2, -0.15) is 28.3 Å². The number of aryl methyl sites for hydroxylation is 1. The number of primary amides is 1. The SMILES string of the molecule is CNC(=O)c1cc(C#N)cc(C)c1-n1nc(Cn2nnc(C(F)(F)F)n2)cc1C(N)=O. The molecule has 2 heterocycles. The molecule has 0 spiro atoms. The first-order chi connectivity index (χ1) is 14.5. The lowest BCUT2D eigenvalue weighted by Gasteiger charge is -2.14. The minimum Gasteiger partial charge on any atom is -0.364 e. The summed E-state index contributed by atoms with van der Waals surface area (Å²) in [5.41, 5.74) is 6.26. The van der Waals surface area contributed by atoms with Crippen molar-refractivity contribution in [3.8, 4) is 11.8 Å². The van der Waals surface area contributed by atoms with Gasteiger partial charge in [0.2, 0.25) is 0 Å². The second kappa shape index (κ2) is 7.86. The molecule has 160 valence electrons. The Morgan fingerprint density at radius 2 is 1.97 bits per heavy atom. The molecule has 0 unspecified atom stereocenters. The molecule has 0 radical (unpaired) electrons. The highest BCUT2D eigenvalue weighted by atomic mass is 19.4. The van der Waals surface area contributed by atoms with E-state index in [9.17, 15) is 28.0 Å². The number of alkyl halides is 3. The number of aromatic nitrogens is 6. The summed E-state index contributed by atoms with van der Waals surface area (Å²) >= 11 is 0. The summed E-state index contributed by atoms with van der Waals surface area (Å²) in [6.07, 6.45) is -4.77. The van der Waals surface area contributed by atoms with Gasteiger partial charge in [0.25, 0.3) is 17.6 Å². The van der Waals surface area contributed by atoms with E-state index in [1.165, 1.54) is 25.2 Å². The second-order valence-corrected chi connectivity index (χ2v) is 6.32. The average Bonchev–Trinajstić information content (AvgIpc) is 3.34. The average molecular weight is 433 g/mol. The number of benzene rings is 1. The third-order valence-corrected chi connectivity index (χ3v) is 4.14. The van der Waals surface area contributed by atoms with Crippen molar-refractivity contribution in [2.75, 3.05) is 7.05 Å². The van der Waals surface area contributed by atoms with Crippen LogP contribution in [0.2, 0.25) is 0 Å². The Balaban J connectivity index is 2.12. The molecule has 2 amide bonds. The Hall–Kier alpha value is -4.28. The number of tetrazole rings is 1. The van der Waals surface area contributed by atoms with Gasteiger partial charge in [0.05, 0.1) is 28.6 Å². The molecule has 3 rings (SSSR count). The topological polar surface area (TPSA) is 157 Å². The molecule has 1 aromatic carbocycles. The van der Waals surface area contributed by atoms with Crippen molar-refractivity contribution in [1.29, 1.82) is 5.26 Å². The molecule has 3 N–H and O–H groups in total. The van der Waals surface area contributed by atoms with Crippen LogP contribution in [0.4, 0.5) is 13.2 Å². The fraction of sp³-hybridized carbons (Fsp3) is 0.235. The van der Waals surface area contributed by atoms with Gasteiger partial charge in [-0.3, -0.25) is 9.59 Å². The number of nitrogens with two attached hydrogens (primary N) is 1. The van der Waals surface area contributed by atoms with E-state index in [0.29, 0.717) is 10.4 Å². The number of carbonyl (C=O) groups is 2. The minimum atomic E-state index is -4.77. The van der Waals surface area contributed by atoms with E-state index < -0.39 is 23.8 Å². The zero-order chi connectivity index (χ0) is 22.9. The predicted molar refractivity (Wildman–Crippen MR) is 96.8 cm³/mol. The van der Waals surface area contributed by atoms with E-state index in [1.807, 2.05) is 6.07 Å². The maximum absolute atomic E-state index is 12.7. The van der Waals surface area contributed by atoms with Crippen LogP contribution in [0.25, 0.3) is 5.69 Å². The maximum atomic E-state index is 12.7. The van der Waals surface area contributed by atoms with Crippen molar-refractivity contribution in [3.63, 3.8) is 0 Å². The van der Waals surface area contributed by atoms with Crippen molar-refractivity contribution < 1.29 is 22.8 Å². The van der Waals surface area contributed by atoms with Gasteiger partial charge in [0.15, 0.2) is 0 Å². The van der Waals surface area contributed by atoms with Crippen LogP contribution in [0.5, 0.6) is 0 Å². The van der Waals surface area contributed by atoms with Gasteiger partial charge in [-0.1, -0.05) is 0 Å². The van der Waals surface area contributed by atoms with Gasteiger partial charge in [0, 0.05) is 7.05 Å². The zero-order valence-electron chi connectivity index (χ0n) is 16.1. The smallest absolute Gasteiger partial charge is 0.364 e. The number of nitriles is 1. The van der Waals surface area contributed by atoms with Crippen LogP contribution in [0.1, 0.15) is 43.5 Å². The molecule has 31 heavy (non-hydrogen) atoms. The fourth-order valence-electron chi connectivity index (χ4n) is 2.85. The van der Waals surface area contributed by atoms with E-state index in [0.717, 1.165) is 4.68 Å². The molecule has 11 nitrogen and oxygen atoms in total. The summed E-state index contributed by atoms with van der Waals surface area (Å²) in [4.78, 5) is 25.0. The molecule has 2 aromatic heterocycles. The van der Waals surface area contributed by atoms with E-state index in [4.69, 9.17) is 5.73 Å². The second-order valence-electron chi connectivity index (χ2n) is 6.32. The quantitative estimate of drug-likeness (QED) is 0.595. The largest absolute Gasteiger partial charge is 0.455 e. The first-order valence-corrected chi connectivity index (χ1v) is 8.56. The van der Waals surface area contributed by atoms with Crippen LogP contribution in [-0.2, 0) is 12.7 Å². The van der Waals surface area contributed by atoms with Gasteiger partial charge in [-0.25, -0.2) is 4.68 Å². The molecular weight excluding hydrogens is 419 g/mol. The van der Waals surface area contributed by atoms with Crippen molar-refractivity contribution in [3.05, 3.63) is 52.1 Å². The number of amides is 2. The fourth-order valence-corrected chi connectivity index (χ4v) is 2.85. The van der Waals surface area contributed by atoms with Crippen LogP contribution in [0, 0.1) is 18.3 Å². The normalized spacial score (nSPS) is 11.2. The molecule has 0 aliphatic carbocycles. The lowest BCUT2D eigenvalue weighted by Crippen LogP contribution is -2.23. The molecule has 0 fully saturated rings. The Morgan fingerprint density at radius 3 is 2.52 bits per heavy atom. The van der Waals surface area contributed by atoms with Gasteiger partial charge < -0.3 is 11.1 Å². The standard InChI is InChI=1S/C17H14F3N9O2/c1-8-3-9(6-21)4-11(15(31)23-2)13(8)29-12(14(22)30)5-10(25-29)7-28-26-16(24-27-28)17(18,19)20/h3-5H,7H2,1-2H3,(H2,22,30)(H,23,31). The number of nitrogens with zero attached hydrogens (tertiary/aromatic N) is 7. The van der Waals surface area contributed by atoms with E-state index in [2.05, 4.69) is 25.8 Å². The summed E-state index contributed by atoms with van der Waals surface area (Å²) in [5.74, 6) is -2.87. The molecule has 0 bridgehead atoms. The van der Waals surface area contributed by atoms with E-state index >= 15 is 0 Å². The Morgan fingerprint density at radius 1 is 1.26 bits per heavy atom. The third kappa shape index (κ3) is 4.20.